The Balaban J connectivity index is 1.57. The SMILES string of the molecule is Cc1cccc(NC(=O)[C@@H]2CCCN(S(=O)(=O)CCCc3ccccc3)C2)c1C. The quantitative estimate of drug-likeness (QED) is 0.747. The van der Waals surface area contributed by atoms with Gasteiger partial charge in [-0.3, -0.25) is 4.79 Å². The largest absolute Gasteiger partial charge is 0.326 e. The van der Waals surface area contributed by atoms with Gasteiger partial charge in [0, 0.05) is 18.8 Å². The number of sulfonamides is 1. The highest BCUT2D eigenvalue weighted by molar-refractivity contribution is 7.89. The number of hydrogen-bond acceptors (Lipinski definition) is 3. The van der Waals surface area contributed by atoms with Crippen molar-refractivity contribution >= 4 is 21.6 Å². The Hall–Kier alpha value is -2.18. The van der Waals surface area contributed by atoms with Crippen molar-refractivity contribution in [2.24, 2.45) is 5.92 Å². The van der Waals surface area contributed by atoms with Crippen molar-refractivity contribution in [1.82, 2.24) is 4.31 Å². The van der Waals surface area contributed by atoms with Crippen molar-refractivity contribution in [2.75, 3.05) is 24.2 Å². The lowest BCUT2D eigenvalue weighted by molar-refractivity contribution is -0.120. The van der Waals surface area contributed by atoms with E-state index in [-0.39, 0.29) is 24.1 Å². The lowest BCUT2D eigenvalue weighted by Crippen LogP contribution is -2.44. The van der Waals surface area contributed by atoms with Crippen LogP contribution in [0.15, 0.2) is 48.5 Å². The molecule has 0 bridgehead atoms. The zero-order chi connectivity index (χ0) is 20.9. The van der Waals surface area contributed by atoms with Crippen LogP contribution in [0.4, 0.5) is 5.69 Å². The number of nitrogens with one attached hydrogen (secondary N) is 1. The number of aryl methyl sites for hydroxylation is 2. The summed E-state index contributed by atoms with van der Waals surface area (Å²) in [6, 6.07) is 15.7. The third-order valence-electron chi connectivity index (χ3n) is 5.72. The van der Waals surface area contributed by atoms with Gasteiger partial charge >= 0.3 is 0 Å². The molecule has 0 radical (unpaired) electrons. The first-order valence-electron chi connectivity index (χ1n) is 10.3. The molecule has 0 unspecified atom stereocenters. The first-order valence-corrected chi connectivity index (χ1v) is 11.9. The standard InChI is InChI=1S/C23H30N2O3S/c1-18-9-6-14-22(19(18)2)24-23(26)21-13-7-15-25(17-21)29(27,28)16-8-12-20-10-4-3-5-11-20/h3-6,9-11,14,21H,7-8,12-13,15-17H2,1-2H3,(H,24,26)/t21-/m1/s1. The number of hydrogen-bond donors (Lipinski definition) is 1. The summed E-state index contributed by atoms with van der Waals surface area (Å²) in [5, 5.41) is 3.00. The summed E-state index contributed by atoms with van der Waals surface area (Å²) in [4.78, 5) is 12.8. The summed E-state index contributed by atoms with van der Waals surface area (Å²) < 4.78 is 27.1. The average Bonchev–Trinajstić information content (AvgIpc) is 2.72. The molecule has 0 spiro atoms. The van der Waals surface area contributed by atoms with Crippen LogP contribution in [0.3, 0.4) is 0 Å². The van der Waals surface area contributed by atoms with Crippen LogP contribution in [0.5, 0.6) is 0 Å². The van der Waals surface area contributed by atoms with Gasteiger partial charge in [-0.05, 0) is 62.3 Å². The normalized spacial score (nSPS) is 17.8. The molecule has 29 heavy (non-hydrogen) atoms. The predicted octanol–water partition coefficient (Wildman–Crippen LogP) is 3.92. The van der Waals surface area contributed by atoms with Crippen LogP contribution in [-0.2, 0) is 21.2 Å². The molecule has 3 rings (SSSR count). The maximum atomic E-state index is 12.8. The van der Waals surface area contributed by atoms with Gasteiger partial charge in [0.25, 0.3) is 0 Å². The number of anilines is 1. The fraction of sp³-hybridized carbons (Fsp3) is 0.435. The highest BCUT2D eigenvalue weighted by atomic mass is 32.2. The van der Waals surface area contributed by atoms with Gasteiger partial charge in [0.2, 0.25) is 15.9 Å². The minimum atomic E-state index is -3.35. The molecule has 1 aliphatic rings. The highest BCUT2D eigenvalue weighted by Crippen LogP contribution is 2.24. The summed E-state index contributed by atoms with van der Waals surface area (Å²) in [5.41, 5.74) is 4.11. The molecule has 156 valence electrons. The van der Waals surface area contributed by atoms with Crippen LogP contribution in [0.1, 0.15) is 36.0 Å². The number of benzene rings is 2. The van der Waals surface area contributed by atoms with E-state index in [9.17, 15) is 13.2 Å². The topological polar surface area (TPSA) is 66.5 Å². The monoisotopic (exact) mass is 414 g/mol. The predicted molar refractivity (Wildman–Crippen MR) is 117 cm³/mol. The number of amides is 1. The van der Waals surface area contributed by atoms with Crippen molar-refractivity contribution in [3.63, 3.8) is 0 Å². The van der Waals surface area contributed by atoms with Crippen molar-refractivity contribution in [3.8, 4) is 0 Å². The van der Waals surface area contributed by atoms with Gasteiger partial charge in [0.1, 0.15) is 0 Å². The Morgan fingerprint density at radius 1 is 1.10 bits per heavy atom. The van der Waals surface area contributed by atoms with E-state index >= 15 is 0 Å². The van der Waals surface area contributed by atoms with Gasteiger partial charge in [0.15, 0.2) is 0 Å². The van der Waals surface area contributed by atoms with Crippen LogP contribution < -0.4 is 5.32 Å². The molecule has 0 aliphatic carbocycles. The summed E-state index contributed by atoms with van der Waals surface area (Å²) in [6.07, 6.45) is 2.75. The molecule has 1 aliphatic heterocycles. The number of piperidine rings is 1. The van der Waals surface area contributed by atoms with Crippen LogP contribution in [0.25, 0.3) is 0 Å². The highest BCUT2D eigenvalue weighted by Gasteiger charge is 2.32. The molecule has 0 saturated carbocycles. The molecule has 0 aromatic heterocycles. The number of nitrogens with zero attached hydrogens (tertiary/aromatic N) is 1. The minimum Gasteiger partial charge on any atom is -0.326 e. The Kier molecular flexibility index (Phi) is 7.09. The number of rotatable bonds is 7. The van der Waals surface area contributed by atoms with Gasteiger partial charge in [0.05, 0.1) is 11.7 Å². The van der Waals surface area contributed by atoms with Gasteiger partial charge < -0.3 is 5.32 Å². The molecule has 5 nitrogen and oxygen atoms in total. The van der Waals surface area contributed by atoms with Crippen molar-refractivity contribution in [1.29, 1.82) is 0 Å². The van der Waals surface area contributed by atoms with E-state index in [0.29, 0.717) is 25.8 Å². The molecular weight excluding hydrogens is 384 g/mol. The Labute approximate surface area is 174 Å². The van der Waals surface area contributed by atoms with Crippen LogP contribution >= 0.6 is 0 Å². The smallest absolute Gasteiger partial charge is 0.228 e. The summed E-state index contributed by atoms with van der Waals surface area (Å²) in [7, 11) is -3.35. The first kappa shape index (κ1) is 21.5. The Bertz CT molecular complexity index is 942. The van der Waals surface area contributed by atoms with E-state index in [4.69, 9.17) is 0 Å². The summed E-state index contributed by atoms with van der Waals surface area (Å²) in [6.45, 7) is 4.76. The molecule has 6 heteroatoms. The first-order chi connectivity index (χ1) is 13.9. The van der Waals surface area contributed by atoms with Gasteiger partial charge in [-0.2, -0.15) is 0 Å². The third kappa shape index (κ3) is 5.67. The summed E-state index contributed by atoms with van der Waals surface area (Å²) >= 11 is 0. The minimum absolute atomic E-state index is 0.0946. The zero-order valence-corrected chi connectivity index (χ0v) is 18.0. The molecule has 1 saturated heterocycles. The molecular formula is C23H30N2O3S. The fourth-order valence-electron chi connectivity index (χ4n) is 3.76. The second-order valence-electron chi connectivity index (χ2n) is 7.84. The van der Waals surface area contributed by atoms with E-state index in [2.05, 4.69) is 5.32 Å². The zero-order valence-electron chi connectivity index (χ0n) is 17.2. The Morgan fingerprint density at radius 2 is 1.86 bits per heavy atom. The number of carbonyl (C=O) groups is 1. The molecule has 1 fully saturated rings. The van der Waals surface area contributed by atoms with Gasteiger partial charge in [-0.25, -0.2) is 12.7 Å². The maximum absolute atomic E-state index is 12.8. The molecule has 2 aromatic rings. The molecule has 1 atom stereocenters. The molecule has 1 N–H and O–H groups in total. The van der Waals surface area contributed by atoms with E-state index in [1.54, 1.807) is 0 Å². The second kappa shape index (κ2) is 9.55. The molecule has 2 aromatic carbocycles. The van der Waals surface area contributed by atoms with Gasteiger partial charge in [-0.1, -0.05) is 42.5 Å². The van der Waals surface area contributed by atoms with Crippen molar-refractivity contribution < 1.29 is 13.2 Å². The van der Waals surface area contributed by atoms with Gasteiger partial charge in [-0.15, -0.1) is 0 Å². The molecule has 1 amide bonds. The summed E-state index contributed by atoms with van der Waals surface area (Å²) in [5.74, 6) is -0.289. The second-order valence-corrected chi connectivity index (χ2v) is 9.93. The third-order valence-corrected chi connectivity index (χ3v) is 7.64. The van der Waals surface area contributed by atoms with Crippen LogP contribution in [-0.4, -0.2) is 37.5 Å². The van der Waals surface area contributed by atoms with E-state index in [0.717, 1.165) is 28.8 Å². The van der Waals surface area contributed by atoms with Crippen LogP contribution in [0, 0.1) is 19.8 Å². The fourth-order valence-corrected chi connectivity index (χ4v) is 5.34. The lowest BCUT2D eigenvalue weighted by atomic mass is 9.98. The van der Waals surface area contributed by atoms with Crippen molar-refractivity contribution in [2.45, 2.75) is 39.5 Å². The number of carbonyl (C=O) groups excluding carboxylic acids is 1. The van der Waals surface area contributed by atoms with Crippen LogP contribution in [0.2, 0.25) is 0 Å². The molecule has 1 heterocycles. The average molecular weight is 415 g/mol. The lowest BCUT2D eigenvalue weighted by Gasteiger charge is -2.31. The van der Waals surface area contributed by atoms with E-state index in [1.165, 1.54) is 4.31 Å². The van der Waals surface area contributed by atoms with E-state index < -0.39 is 10.0 Å². The maximum Gasteiger partial charge on any atom is 0.228 e. The van der Waals surface area contributed by atoms with Crippen molar-refractivity contribution in [3.05, 3.63) is 65.2 Å². The van der Waals surface area contributed by atoms with E-state index in [1.807, 2.05) is 62.4 Å². The Morgan fingerprint density at radius 3 is 2.62 bits per heavy atom.